The van der Waals surface area contributed by atoms with Crippen LogP contribution in [-0.2, 0) is 88.9 Å². The van der Waals surface area contributed by atoms with Crippen LogP contribution >= 0.6 is 142 Å². The van der Waals surface area contributed by atoms with Crippen LogP contribution in [0.15, 0.2) is 75.6 Å². The zero-order valence-corrected chi connectivity index (χ0v) is 70.1. The maximum absolute atomic E-state index is 13.7. The van der Waals surface area contributed by atoms with E-state index < -0.39 is 75.6 Å². The highest BCUT2D eigenvalue weighted by Gasteiger charge is 2.36. The lowest BCUT2D eigenvalue weighted by molar-refractivity contribution is -0.113. The molecule has 7 aromatic rings. The van der Waals surface area contributed by atoms with Crippen molar-refractivity contribution in [1.82, 2.24) is 0 Å². The molecule has 0 aliphatic carbocycles. The maximum atomic E-state index is 13.7. The lowest BCUT2D eigenvalue weighted by Gasteiger charge is -2.19. The summed E-state index contributed by atoms with van der Waals surface area (Å²) in [4.78, 5) is 35.6. The predicted octanol–water partition coefficient (Wildman–Crippen LogP) is 19.8. The second-order valence-corrected chi connectivity index (χ2v) is 49.8. The predicted molar refractivity (Wildman–Crippen MR) is 397 cm³/mol. The molecule has 0 spiro atoms. The molecule has 0 saturated carbocycles. The van der Waals surface area contributed by atoms with Crippen molar-refractivity contribution in [3.63, 3.8) is 0 Å². The molecule has 96 heavy (non-hydrogen) atoms. The van der Waals surface area contributed by atoms with E-state index in [-0.39, 0.29) is 12.6 Å². The summed E-state index contributed by atoms with van der Waals surface area (Å²) in [5, 5.41) is 12.8. The molecule has 0 saturated heterocycles. The SMILES string of the molecule is CCOP(=O)(Cc1cc(Br)sc1Br)OCC.CCOP(=O)(Cc1cccs1)OCC.CCOP(=O)(Cc1scc2c1OCCO2)OCC.COP(=O)(OC)C(=O)Cc1cccs1.C[Si](C)(C)c1sc([Si](C)(C)C)c(F)c1F.O=C1OC(=O)c2cscc21.c1scc2c1OCCO2. The molecule has 0 unspecified atom stereocenters. The van der Waals surface area contributed by atoms with Crippen LogP contribution in [0.3, 0.4) is 0 Å². The summed E-state index contributed by atoms with van der Waals surface area (Å²) in [6, 6.07) is 9.44. The van der Waals surface area contributed by atoms with Crippen LogP contribution in [0, 0.1) is 11.6 Å². The number of hydrogen-bond acceptors (Lipinski definition) is 27. The van der Waals surface area contributed by atoms with E-state index in [1.54, 1.807) is 64.7 Å². The lowest BCUT2D eigenvalue weighted by atomic mass is 10.2. The van der Waals surface area contributed by atoms with Crippen LogP contribution in [-0.4, -0.2) is 114 Å². The van der Waals surface area contributed by atoms with Crippen molar-refractivity contribution in [2.45, 2.75) is 106 Å². The number of carbonyl (C=O) groups excluding carboxylic acids is 3. The average Bonchev–Trinajstić information content (AvgIpc) is 1.65. The molecule has 3 aliphatic heterocycles. The van der Waals surface area contributed by atoms with E-state index in [4.69, 9.17) is 46.1 Å². The third-order valence-electron chi connectivity index (χ3n) is 12.0. The summed E-state index contributed by atoms with van der Waals surface area (Å²) >= 11 is 17.1. The number of cyclic esters (lactones) is 2. The van der Waals surface area contributed by atoms with Crippen LogP contribution in [0.25, 0.3) is 0 Å². The summed E-state index contributed by atoms with van der Waals surface area (Å²) in [6.45, 7) is 27.9. The Morgan fingerprint density at radius 3 is 1.36 bits per heavy atom. The highest BCUT2D eigenvalue weighted by Crippen LogP contribution is 2.56. The molecule has 3 aliphatic rings. The lowest BCUT2D eigenvalue weighted by Crippen LogP contribution is -2.39. The Balaban J connectivity index is 0.000000240. The van der Waals surface area contributed by atoms with E-state index in [0.29, 0.717) is 104 Å². The molecule has 20 nitrogen and oxygen atoms in total. The molecule has 0 aromatic carbocycles. The van der Waals surface area contributed by atoms with Crippen molar-refractivity contribution < 1.29 is 101 Å². The molecule has 10 rings (SSSR count). The summed E-state index contributed by atoms with van der Waals surface area (Å²) in [7, 11) is -13.6. The van der Waals surface area contributed by atoms with E-state index in [2.05, 4.69) is 84.9 Å². The number of esters is 2. The van der Waals surface area contributed by atoms with Crippen LogP contribution in [0.5, 0.6) is 23.0 Å². The fraction of sp³-hybridized carbons (Fsp3) is 0.475. The highest BCUT2D eigenvalue weighted by atomic mass is 79.9. The zero-order valence-electron chi connectivity index (χ0n) is 55.7. The van der Waals surface area contributed by atoms with Gasteiger partial charge in [0.1, 0.15) is 26.4 Å². The number of ether oxygens (including phenoxy) is 5. The number of fused-ring (bicyclic) bond motifs is 3. The van der Waals surface area contributed by atoms with Gasteiger partial charge in [-0.05, 0) is 108 Å². The zero-order chi connectivity index (χ0) is 71.5. The van der Waals surface area contributed by atoms with Gasteiger partial charge in [-0.25, -0.2) is 18.4 Å². The molecular formula is C59H82Br2F2O20P4S7Si2. The van der Waals surface area contributed by atoms with E-state index in [1.807, 2.05) is 78.9 Å². The third kappa shape index (κ3) is 27.5. The first-order valence-corrected chi connectivity index (χ1v) is 51.2. The number of halogens is 4. The van der Waals surface area contributed by atoms with Crippen LogP contribution in [0.1, 0.15) is 82.5 Å². The van der Waals surface area contributed by atoms with Crippen molar-refractivity contribution in [1.29, 1.82) is 0 Å². The molecule has 0 bridgehead atoms. The number of rotatable bonds is 25. The first-order chi connectivity index (χ1) is 45.3. The Kier molecular flexibility index (Phi) is 37.5. The quantitative estimate of drug-likeness (QED) is 0.0224. The van der Waals surface area contributed by atoms with Crippen molar-refractivity contribution in [3.05, 3.63) is 119 Å². The standard InChI is InChI=1S/C11H17O5PS.C10H18F2SSi2.C9H13Br2O3PS.C9H15O3PS.C8H11O4PS.C6H2O3S.C6H6O2S/c1-3-15-17(12,16-4-2)7-10-11-9(8-18-10)13-5-6-14-11;1-14(2,3)9-7(11)8(12)10(13-9)15(4,5)6;1-3-13-15(12,14-4-2)6-7-5-8(10)16-9(7)11;1-3-11-13(10,12-4-2)8-9-6-5-7-14-9;1-11-13(10,12-2)8(9)6-7-4-3-5-14-7;7-5-3-1-10-2-4(3)6(8)9-5;1-2-8-6-4-9-3-5(6)7-1/h8H,3-7H2,1-2H3;1-6H3;5H,3-4,6H2,1-2H3;5-7H,3-4,8H2,1-2H3;3-5H,6H2,1-2H3;1-2H;3-4H,1-2H2. The minimum atomic E-state index is -3.55. The summed E-state index contributed by atoms with van der Waals surface area (Å²) in [5.74, 6) is 1.000. The Labute approximate surface area is 607 Å². The maximum Gasteiger partial charge on any atom is 0.396 e. The molecule has 0 radical (unpaired) electrons. The average molecular weight is 1710 g/mol. The van der Waals surface area contributed by atoms with E-state index >= 15 is 0 Å². The summed E-state index contributed by atoms with van der Waals surface area (Å²) in [5.41, 5.74) is 1.23. The van der Waals surface area contributed by atoms with Gasteiger partial charge in [-0.15, -0.1) is 68.0 Å². The van der Waals surface area contributed by atoms with Gasteiger partial charge in [0.15, 0.2) is 34.6 Å². The van der Waals surface area contributed by atoms with E-state index in [9.17, 15) is 41.4 Å². The molecule has 0 fully saturated rings. The van der Waals surface area contributed by atoms with Gasteiger partial charge in [-0.1, -0.05) is 51.4 Å². The van der Waals surface area contributed by atoms with E-state index in [0.717, 1.165) is 45.0 Å². The molecule has 536 valence electrons. The summed E-state index contributed by atoms with van der Waals surface area (Å²) in [6.07, 6.45) is 1.01. The minimum Gasteiger partial charge on any atom is -0.485 e. The Morgan fingerprint density at radius 2 is 0.969 bits per heavy atom. The van der Waals surface area contributed by atoms with Gasteiger partial charge in [-0.3, -0.25) is 23.1 Å². The van der Waals surface area contributed by atoms with Gasteiger partial charge in [0.2, 0.25) is 5.52 Å². The van der Waals surface area contributed by atoms with Crippen LogP contribution in [0.4, 0.5) is 8.78 Å². The molecule has 37 heteroatoms. The van der Waals surface area contributed by atoms with Crippen molar-refractivity contribution in [2.24, 2.45) is 0 Å². The molecule has 0 N–H and O–H groups in total. The van der Waals surface area contributed by atoms with Gasteiger partial charge < -0.3 is 59.9 Å². The third-order valence-corrected chi connectivity index (χ3v) is 35.1. The Hall–Kier alpha value is -2.24. The minimum absolute atomic E-state index is 0.0939. The number of hydrogen-bond donors (Lipinski definition) is 0. The van der Waals surface area contributed by atoms with E-state index in [1.165, 1.54) is 59.6 Å². The van der Waals surface area contributed by atoms with Crippen molar-refractivity contribution in [3.8, 4) is 23.0 Å². The van der Waals surface area contributed by atoms with Crippen molar-refractivity contribution in [2.75, 3.05) is 80.3 Å². The topological polar surface area (TPSA) is 239 Å². The first kappa shape index (κ1) is 86.2. The fourth-order valence-corrected chi connectivity index (χ4v) is 27.3. The number of carbonyl (C=O) groups is 3. The van der Waals surface area contributed by atoms with Gasteiger partial charge >= 0.3 is 42.3 Å². The van der Waals surface area contributed by atoms with Gasteiger partial charge in [0.25, 0.3) is 0 Å². The number of thiophene rings is 7. The summed E-state index contributed by atoms with van der Waals surface area (Å²) < 4.78 is 145. The molecular weight excluding hydrogens is 1630 g/mol. The molecule has 0 atom stereocenters. The van der Waals surface area contributed by atoms with Gasteiger partial charge in [0.05, 0.1) is 104 Å². The van der Waals surface area contributed by atoms with Crippen LogP contribution < -0.4 is 27.9 Å². The van der Waals surface area contributed by atoms with Gasteiger partial charge in [-0.2, -0.15) is 11.3 Å². The fourth-order valence-electron chi connectivity index (χ4n) is 7.94. The van der Waals surface area contributed by atoms with Gasteiger partial charge in [0, 0.05) is 59.9 Å². The second kappa shape index (κ2) is 41.8. The normalized spacial score (nSPS) is 13.3. The van der Waals surface area contributed by atoms with Crippen LogP contribution in [0.2, 0.25) is 39.3 Å². The largest absolute Gasteiger partial charge is 0.485 e. The Bertz CT molecular complexity index is 3600. The second-order valence-electron chi connectivity index (χ2n) is 21.4. The molecule has 7 aromatic heterocycles. The molecule has 10 heterocycles. The highest BCUT2D eigenvalue weighted by molar-refractivity contribution is 9.12. The monoisotopic (exact) mass is 1710 g/mol. The molecule has 0 amide bonds. The van der Waals surface area contributed by atoms with Crippen molar-refractivity contribution >= 4 is 184 Å². The Morgan fingerprint density at radius 1 is 0.552 bits per heavy atom. The first-order valence-electron chi connectivity index (χ1n) is 29.7. The smallest absolute Gasteiger partial charge is 0.396 e.